The second kappa shape index (κ2) is 6.87. The third-order valence-electron chi connectivity index (χ3n) is 3.97. The summed E-state index contributed by atoms with van der Waals surface area (Å²) in [5.41, 5.74) is 1.52. The van der Waals surface area contributed by atoms with Gasteiger partial charge in [-0.05, 0) is 44.4 Å². The summed E-state index contributed by atoms with van der Waals surface area (Å²) in [4.78, 5) is 5.45. The lowest BCUT2D eigenvalue weighted by atomic mass is 10.1. The van der Waals surface area contributed by atoms with Gasteiger partial charge in [0.2, 0.25) is 0 Å². The maximum atomic E-state index is 3.60. The fourth-order valence-electron chi connectivity index (χ4n) is 2.38. The van der Waals surface area contributed by atoms with Gasteiger partial charge in [-0.15, -0.1) is 11.3 Å². The molecule has 0 saturated heterocycles. The van der Waals surface area contributed by atoms with Gasteiger partial charge < -0.3 is 10.2 Å². The molecule has 0 amide bonds. The minimum absolute atomic E-state index is 0.792. The fourth-order valence-corrected chi connectivity index (χ4v) is 3.39. The lowest BCUT2D eigenvalue weighted by Gasteiger charge is -2.20. The molecule has 1 heterocycles. The first-order valence-electron chi connectivity index (χ1n) is 7.58. The Morgan fingerprint density at radius 1 is 1.47 bits per heavy atom. The van der Waals surface area contributed by atoms with Crippen LogP contribution in [0, 0.1) is 12.8 Å². The molecule has 2 nitrogen and oxygen atoms in total. The van der Waals surface area contributed by atoms with Crippen molar-refractivity contribution in [1.29, 1.82) is 0 Å². The third kappa shape index (κ3) is 4.90. The Morgan fingerprint density at radius 2 is 2.21 bits per heavy atom. The molecule has 1 atom stereocenters. The first-order chi connectivity index (χ1) is 9.08. The highest BCUT2D eigenvalue weighted by Gasteiger charge is 2.20. The van der Waals surface area contributed by atoms with Gasteiger partial charge in [-0.1, -0.05) is 20.3 Å². The van der Waals surface area contributed by atoms with Gasteiger partial charge in [0, 0.05) is 35.4 Å². The SMILES string of the molecule is CCC(C)CN(C)Cc1cc(CNC2CC2)sc1C. The maximum absolute atomic E-state index is 3.60. The molecule has 0 spiro atoms. The average Bonchev–Trinajstić information content (AvgIpc) is 3.13. The van der Waals surface area contributed by atoms with Crippen LogP contribution in [0.15, 0.2) is 6.07 Å². The van der Waals surface area contributed by atoms with Crippen molar-refractivity contribution in [3.8, 4) is 0 Å². The van der Waals surface area contributed by atoms with Gasteiger partial charge in [0.1, 0.15) is 0 Å². The van der Waals surface area contributed by atoms with Crippen LogP contribution in [-0.4, -0.2) is 24.5 Å². The molecule has 0 radical (unpaired) electrons. The van der Waals surface area contributed by atoms with Crippen molar-refractivity contribution in [3.63, 3.8) is 0 Å². The van der Waals surface area contributed by atoms with Crippen LogP contribution >= 0.6 is 11.3 Å². The van der Waals surface area contributed by atoms with Crippen molar-refractivity contribution in [3.05, 3.63) is 21.4 Å². The summed E-state index contributed by atoms with van der Waals surface area (Å²) in [5.74, 6) is 0.792. The molecule has 19 heavy (non-hydrogen) atoms. The third-order valence-corrected chi connectivity index (χ3v) is 5.07. The normalized spacial score (nSPS) is 17.1. The van der Waals surface area contributed by atoms with Crippen LogP contribution in [0.1, 0.15) is 48.4 Å². The standard InChI is InChI=1S/C16H28N2S/c1-5-12(2)10-18(4)11-14-8-16(19-13(14)3)9-17-15-6-7-15/h8,12,15,17H,5-7,9-11H2,1-4H3. The van der Waals surface area contributed by atoms with E-state index in [0.717, 1.165) is 25.0 Å². The summed E-state index contributed by atoms with van der Waals surface area (Å²) < 4.78 is 0. The molecular weight excluding hydrogens is 252 g/mol. The molecule has 1 unspecified atom stereocenters. The van der Waals surface area contributed by atoms with E-state index in [1.54, 1.807) is 0 Å². The van der Waals surface area contributed by atoms with Gasteiger partial charge in [0.05, 0.1) is 0 Å². The van der Waals surface area contributed by atoms with Crippen molar-refractivity contribution in [1.82, 2.24) is 10.2 Å². The number of rotatable bonds is 8. The van der Waals surface area contributed by atoms with E-state index in [1.807, 2.05) is 11.3 Å². The molecule has 0 bridgehead atoms. The summed E-state index contributed by atoms with van der Waals surface area (Å²) in [6, 6.07) is 3.21. The minimum Gasteiger partial charge on any atom is -0.309 e. The van der Waals surface area contributed by atoms with Crippen LogP contribution in [0.25, 0.3) is 0 Å². The van der Waals surface area contributed by atoms with Gasteiger partial charge in [-0.2, -0.15) is 0 Å². The average molecular weight is 280 g/mol. The van der Waals surface area contributed by atoms with Crippen LogP contribution < -0.4 is 5.32 Å². The van der Waals surface area contributed by atoms with Gasteiger partial charge in [0.25, 0.3) is 0 Å². The minimum atomic E-state index is 0.792. The molecule has 108 valence electrons. The van der Waals surface area contributed by atoms with Gasteiger partial charge in [-0.25, -0.2) is 0 Å². The Labute approximate surface area is 122 Å². The largest absolute Gasteiger partial charge is 0.309 e. The number of nitrogens with one attached hydrogen (secondary N) is 1. The van der Waals surface area contributed by atoms with Crippen molar-refractivity contribution >= 4 is 11.3 Å². The second-order valence-electron chi connectivity index (χ2n) is 6.16. The lowest BCUT2D eigenvalue weighted by Crippen LogP contribution is -2.23. The van der Waals surface area contributed by atoms with E-state index in [9.17, 15) is 0 Å². The van der Waals surface area contributed by atoms with Crippen LogP contribution in [0.5, 0.6) is 0 Å². The van der Waals surface area contributed by atoms with Crippen molar-refractivity contribution < 1.29 is 0 Å². The quantitative estimate of drug-likeness (QED) is 0.779. The monoisotopic (exact) mass is 280 g/mol. The molecule has 0 aliphatic heterocycles. The Kier molecular flexibility index (Phi) is 5.43. The maximum Gasteiger partial charge on any atom is 0.0302 e. The highest BCUT2D eigenvalue weighted by atomic mass is 32.1. The summed E-state index contributed by atoms with van der Waals surface area (Å²) >= 11 is 1.96. The smallest absolute Gasteiger partial charge is 0.0302 e. The molecule has 3 heteroatoms. The van der Waals surface area contributed by atoms with Crippen LogP contribution in [0.4, 0.5) is 0 Å². The predicted octanol–water partition coefficient (Wildman–Crippen LogP) is 3.79. The highest BCUT2D eigenvalue weighted by molar-refractivity contribution is 7.12. The zero-order valence-electron chi connectivity index (χ0n) is 12.8. The number of aryl methyl sites for hydroxylation is 1. The second-order valence-corrected chi connectivity index (χ2v) is 7.50. The summed E-state index contributed by atoms with van der Waals surface area (Å²) in [6.45, 7) is 10.2. The molecule has 1 fully saturated rings. The molecule has 1 aliphatic carbocycles. The van der Waals surface area contributed by atoms with E-state index < -0.39 is 0 Å². The molecule has 1 aromatic heterocycles. The zero-order chi connectivity index (χ0) is 13.8. The Morgan fingerprint density at radius 3 is 2.84 bits per heavy atom. The summed E-state index contributed by atoms with van der Waals surface area (Å²) in [7, 11) is 2.24. The van der Waals surface area contributed by atoms with Crippen molar-refractivity contribution in [2.24, 2.45) is 5.92 Å². The van der Waals surface area contributed by atoms with Crippen molar-refractivity contribution in [2.45, 2.75) is 59.2 Å². The number of nitrogens with zero attached hydrogens (tertiary/aromatic N) is 1. The Hall–Kier alpha value is -0.380. The van der Waals surface area contributed by atoms with E-state index in [2.05, 4.69) is 44.1 Å². The Balaban J connectivity index is 1.84. The van der Waals surface area contributed by atoms with E-state index in [1.165, 1.54) is 41.1 Å². The van der Waals surface area contributed by atoms with Crippen molar-refractivity contribution in [2.75, 3.05) is 13.6 Å². The first-order valence-corrected chi connectivity index (χ1v) is 8.40. The van der Waals surface area contributed by atoms with Gasteiger partial charge >= 0.3 is 0 Å². The van der Waals surface area contributed by atoms with Crippen LogP contribution in [0.3, 0.4) is 0 Å². The predicted molar refractivity (Wildman–Crippen MR) is 84.7 cm³/mol. The number of thiophene rings is 1. The molecule has 1 aliphatic rings. The van der Waals surface area contributed by atoms with Gasteiger partial charge in [-0.3, -0.25) is 0 Å². The van der Waals surface area contributed by atoms with Crippen LogP contribution in [0.2, 0.25) is 0 Å². The van der Waals surface area contributed by atoms with Crippen LogP contribution in [-0.2, 0) is 13.1 Å². The van der Waals surface area contributed by atoms with E-state index >= 15 is 0 Å². The highest BCUT2D eigenvalue weighted by Crippen LogP contribution is 2.25. The topological polar surface area (TPSA) is 15.3 Å². The van der Waals surface area contributed by atoms with E-state index in [0.29, 0.717) is 0 Å². The summed E-state index contributed by atoms with van der Waals surface area (Å²) in [6.07, 6.45) is 4.01. The number of hydrogen-bond acceptors (Lipinski definition) is 3. The first kappa shape index (κ1) is 15.0. The fraction of sp³-hybridized carbons (Fsp3) is 0.750. The lowest BCUT2D eigenvalue weighted by molar-refractivity contribution is 0.275. The molecule has 0 aromatic carbocycles. The zero-order valence-corrected chi connectivity index (χ0v) is 13.6. The molecular formula is C16H28N2S. The molecule has 1 saturated carbocycles. The number of hydrogen-bond donors (Lipinski definition) is 1. The van der Waals surface area contributed by atoms with E-state index in [-0.39, 0.29) is 0 Å². The Bertz CT molecular complexity index is 395. The molecule has 1 N–H and O–H groups in total. The molecule has 2 rings (SSSR count). The summed E-state index contributed by atoms with van der Waals surface area (Å²) in [5, 5.41) is 3.60. The van der Waals surface area contributed by atoms with Gasteiger partial charge in [0.15, 0.2) is 0 Å². The molecule has 1 aromatic rings. The van der Waals surface area contributed by atoms with E-state index in [4.69, 9.17) is 0 Å².